The van der Waals surface area contributed by atoms with Crippen molar-refractivity contribution in [1.29, 1.82) is 0 Å². The van der Waals surface area contributed by atoms with Gasteiger partial charge in [0.2, 0.25) is 0 Å². The molecule has 0 bridgehead atoms. The Morgan fingerprint density at radius 3 is 2.46 bits per heavy atom. The SMILES string of the molecule is O=C(c1cc(Nc2ccc(Cl)c(Cl)c2)ncn1)N1CCCCCC1. The second kappa shape index (κ2) is 7.81. The van der Waals surface area contributed by atoms with E-state index in [1.807, 2.05) is 4.90 Å². The summed E-state index contributed by atoms with van der Waals surface area (Å²) in [4.78, 5) is 22.8. The Kier molecular flexibility index (Phi) is 5.53. The van der Waals surface area contributed by atoms with Gasteiger partial charge in [0.25, 0.3) is 5.91 Å². The number of carbonyl (C=O) groups is 1. The molecule has 5 nitrogen and oxygen atoms in total. The molecule has 0 unspecified atom stereocenters. The fourth-order valence-corrected chi connectivity index (χ4v) is 3.00. The lowest BCUT2D eigenvalue weighted by molar-refractivity contribution is 0.0755. The predicted octanol–water partition coefficient (Wildman–Crippen LogP) is 4.54. The van der Waals surface area contributed by atoms with Crippen LogP contribution in [0.2, 0.25) is 10.0 Å². The van der Waals surface area contributed by atoms with Crippen LogP contribution in [0.25, 0.3) is 0 Å². The van der Waals surface area contributed by atoms with E-state index in [-0.39, 0.29) is 5.91 Å². The van der Waals surface area contributed by atoms with Crippen LogP contribution < -0.4 is 5.32 Å². The van der Waals surface area contributed by atoms with Crippen molar-refractivity contribution in [2.75, 3.05) is 18.4 Å². The van der Waals surface area contributed by atoms with Crippen LogP contribution in [0.4, 0.5) is 11.5 Å². The van der Waals surface area contributed by atoms with E-state index in [9.17, 15) is 4.79 Å². The molecule has 1 aromatic carbocycles. The van der Waals surface area contributed by atoms with Gasteiger partial charge in [0, 0.05) is 24.8 Å². The lowest BCUT2D eigenvalue weighted by Crippen LogP contribution is -2.32. The Morgan fingerprint density at radius 2 is 1.75 bits per heavy atom. The zero-order chi connectivity index (χ0) is 16.9. The first-order chi connectivity index (χ1) is 11.6. The second-order valence-electron chi connectivity index (χ2n) is 5.75. The highest BCUT2D eigenvalue weighted by Gasteiger charge is 2.19. The van der Waals surface area contributed by atoms with E-state index < -0.39 is 0 Å². The van der Waals surface area contributed by atoms with Crippen LogP contribution in [0.1, 0.15) is 36.2 Å². The first-order valence-corrected chi connectivity index (χ1v) is 8.72. The van der Waals surface area contributed by atoms with E-state index in [4.69, 9.17) is 23.2 Å². The zero-order valence-corrected chi connectivity index (χ0v) is 14.6. The lowest BCUT2D eigenvalue weighted by atomic mass is 10.2. The van der Waals surface area contributed by atoms with E-state index in [0.29, 0.717) is 21.6 Å². The molecule has 0 atom stereocenters. The van der Waals surface area contributed by atoms with Crippen LogP contribution in [0.5, 0.6) is 0 Å². The molecular weight excluding hydrogens is 347 g/mol. The number of hydrogen-bond acceptors (Lipinski definition) is 4. The number of halogens is 2. The van der Waals surface area contributed by atoms with Crippen LogP contribution in [-0.2, 0) is 0 Å². The lowest BCUT2D eigenvalue weighted by Gasteiger charge is -2.19. The van der Waals surface area contributed by atoms with Gasteiger partial charge in [0.1, 0.15) is 17.8 Å². The molecule has 2 heterocycles. The first kappa shape index (κ1) is 17.0. The van der Waals surface area contributed by atoms with Crippen LogP contribution in [0, 0.1) is 0 Å². The molecule has 0 spiro atoms. The maximum Gasteiger partial charge on any atom is 0.272 e. The van der Waals surface area contributed by atoms with Gasteiger partial charge in [-0.15, -0.1) is 0 Å². The van der Waals surface area contributed by atoms with Crippen molar-refractivity contribution in [2.45, 2.75) is 25.7 Å². The van der Waals surface area contributed by atoms with Crippen LogP contribution in [0.15, 0.2) is 30.6 Å². The Hall–Kier alpha value is -1.85. The fraction of sp³-hybridized carbons (Fsp3) is 0.353. The van der Waals surface area contributed by atoms with Crippen molar-refractivity contribution >= 4 is 40.6 Å². The minimum absolute atomic E-state index is 0.0449. The minimum atomic E-state index is -0.0449. The number of rotatable bonds is 3. The van der Waals surface area contributed by atoms with Gasteiger partial charge in [-0.25, -0.2) is 9.97 Å². The van der Waals surface area contributed by atoms with Crippen molar-refractivity contribution in [3.63, 3.8) is 0 Å². The number of amides is 1. The average molecular weight is 365 g/mol. The highest BCUT2D eigenvalue weighted by molar-refractivity contribution is 6.42. The average Bonchev–Trinajstić information content (AvgIpc) is 2.87. The van der Waals surface area contributed by atoms with Gasteiger partial charge in [-0.1, -0.05) is 36.0 Å². The van der Waals surface area contributed by atoms with Crippen molar-refractivity contribution in [1.82, 2.24) is 14.9 Å². The molecule has 1 saturated heterocycles. The molecule has 1 fully saturated rings. The molecule has 1 aromatic heterocycles. The fourth-order valence-electron chi connectivity index (χ4n) is 2.70. The van der Waals surface area contributed by atoms with Gasteiger partial charge >= 0.3 is 0 Å². The minimum Gasteiger partial charge on any atom is -0.340 e. The molecule has 7 heteroatoms. The predicted molar refractivity (Wildman–Crippen MR) is 96.1 cm³/mol. The maximum atomic E-state index is 12.6. The second-order valence-corrected chi connectivity index (χ2v) is 6.56. The number of benzene rings is 1. The van der Waals surface area contributed by atoms with Crippen molar-refractivity contribution in [3.05, 3.63) is 46.3 Å². The van der Waals surface area contributed by atoms with E-state index >= 15 is 0 Å². The third kappa shape index (κ3) is 4.16. The number of nitrogens with zero attached hydrogens (tertiary/aromatic N) is 3. The number of likely N-dealkylation sites (tertiary alicyclic amines) is 1. The molecule has 2 aromatic rings. The van der Waals surface area contributed by atoms with Crippen molar-refractivity contribution in [3.8, 4) is 0 Å². The van der Waals surface area contributed by atoms with Gasteiger partial charge < -0.3 is 10.2 Å². The van der Waals surface area contributed by atoms with Crippen molar-refractivity contribution < 1.29 is 4.79 Å². The van der Waals surface area contributed by atoms with E-state index in [1.54, 1.807) is 24.3 Å². The molecule has 0 saturated carbocycles. The Balaban J connectivity index is 1.75. The summed E-state index contributed by atoms with van der Waals surface area (Å²) in [7, 11) is 0. The summed E-state index contributed by atoms with van der Waals surface area (Å²) in [5.74, 6) is 0.498. The van der Waals surface area contributed by atoms with Gasteiger partial charge in [-0.3, -0.25) is 4.79 Å². The normalized spacial score (nSPS) is 15.0. The molecule has 1 aliphatic rings. The molecule has 126 valence electrons. The van der Waals surface area contributed by atoms with Crippen molar-refractivity contribution in [2.24, 2.45) is 0 Å². The van der Waals surface area contributed by atoms with Gasteiger partial charge in [0.15, 0.2) is 0 Å². The number of carbonyl (C=O) groups excluding carboxylic acids is 1. The molecule has 1 amide bonds. The van der Waals surface area contributed by atoms with E-state index in [1.165, 1.54) is 19.2 Å². The number of anilines is 2. The zero-order valence-electron chi connectivity index (χ0n) is 13.1. The van der Waals surface area contributed by atoms with E-state index in [2.05, 4.69) is 15.3 Å². The number of hydrogen-bond donors (Lipinski definition) is 1. The molecular formula is C17H18Cl2N4O. The summed E-state index contributed by atoms with van der Waals surface area (Å²) in [6, 6.07) is 6.88. The van der Waals surface area contributed by atoms with E-state index in [0.717, 1.165) is 31.6 Å². The largest absolute Gasteiger partial charge is 0.340 e. The molecule has 1 N–H and O–H groups in total. The summed E-state index contributed by atoms with van der Waals surface area (Å²) < 4.78 is 0. The summed E-state index contributed by atoms with van der Waals surface area (Å²) in [5, 5.41) is 4.06. The summed E-state index contributed by atoms with van der Waals surface area (Å²) in [5.41, 5.74) is 1.14. The topological polar surface area (TPSA) is 58.1 Å². The van der Waals surface area contributed by atoms with Gasteiger partial charge in [-0.05, 0) is 31.0 Å². The number of aromatic nitrogens is 2. The standard InChI is InChI=1S/C17H18Cl2N4O/c18-13-6-5-12(9-14(13)19)22-16-10-15(20-11-21-16)17(24)23-7-3-1-2-4-8-23/h5-6,9-11H,1-4,7-8H2,(H,20,21,22). The summed E-state index contributed by atoms with van der Waals surface area (Å²) >= 11 is 11.9. The molecule has 1 aliphatic heterocycles. The van der Waals surface area contributed by atoms with Crippen LogP contribution in [-0.4, -0.2) is 33.9 Å². The Labute approximate surface area is 151 Å². The van der Waals surface area contributed by atoms with Crippen LogP contribution in [0.3, 0.4) is 0 Å². The third-order valence-electron chi connectivity index (χ3n) is 3.97. The first-order valence-electron chi connectivity index (χ1n) is 7.97. The quantitative estimate of drug-likeness (QED) is 0.867. The highest BCUT2D eigenvalue weighted by atomic mass is 35.5. The van der Waals surface area contributed by atoms with Crippen LogP contribution >= 0.6 is 23.2 Å². The Bertz CT molecular complexity index is 730. The molecule has 0 aliphatic carbocycles. The Morgan fingerprint density at radius 1 is 1.00 bits per heavy atom. The van der Waals surface area contributed by atoms with Gasteiger partial charge in [0.05, 0.1) is 10.0 Å². The maximum absolute atomic E-state index is 12.6. The third-order valence-corrected chi connectivity index (χ3v) is 4.71. The molecule has 3 rings (SSSR count). The highest BCUT2D eigenvalue weighted by Crippen LogP contribution is 2.26. The van der Waals surface area contributed by atoms with Gasteiger partial charge in [-0.2, -0.15) is 0 Å². The summed E-state index contributed by atoms with van der Waals surface area (Å²) in [6.45, 7) is 1.58. The summed E-state index contributed by atoms with van der Waals surface area (Å²) in [6.07, 6.45) is 5.84. The molecule has 0 radical (unpaired) electrons. The smallest absolute Gasteiger partial charge is 0.272 e. The monoisotopic (exact) mass is 364 g/mol. The molecule has 24 heavy (non-hydrogen) atoms. The number of nitrogens with one attached hydrogen (secondary N) is 1.